The summed E-state index contributed by atoms with van der Waals surface area (Å²) in [6.07, 6.45) is -0.345. The van der Waals surface area contributed by atoms with Crippen molar-refractivity contribution in [3.63, 3.8) is 0 Å². The van der Waals surface area contributed by atoms with Gasteiger partial charge in [0.15, 0.2) is 6.29 Å². The Morgan fingerprint density at radius 1 is 0.419 bits per heavy atom. The number of hydrogen-bond donors (Lipinski definition) is 1. The fourth-order valence-electron chi connectivity index (χ4n) is 2.02. The van der Waals surface area contributed by atoms with Crippen molar-refractivity contribution in [3.8, 4) is 0 Å². The molecule has 11 heteroatoms. The van der Waals surface area contributed by atoms with Gasteiger partial charge in [0, 0.05) is 14.2 Å². The summed E-state index contributed by atoms with van der Waals surface area (Å²) in [4.78, 5) is 0. The SMILES string of the molecule is COC(COCCOCCOCCOCCOCCOCCOCCOCCO)OC. The molecule has 0 radical (unpaired) electrons. The molecule has 0 saturated carbocycles. The molecule has 0 aliphatic carbocycles. The third-order valence-electron chi connectivity index (χ3n) is 3.62. The quantitative estimate of drug-likeness (QED) is 0.130. The van der Waals surface area contributed by atoms with Crippen LogP contribution < -0.4 is 0 Å². The van der Waals surface area contributed by atoms with E-state index >= 15 is 0 Å². The summed E-state index contributed by atoms with van der Waals surface area (Å²) in [7, 11) is 3.14. The van der Waals surface area contributed by atoms with Crippen LogP contribution in [0.4, 0.5) is 0 Å². The summed E-state index contributed by atoms with van der Waals surface area (Å²) in [6.45, 7) is 7.79. The molecule has 0 aromatic heterocycles. The van der Waals surface area contributed by atoms with Gasteiger partial charge in [0.1, 0.15) is 0 Å². The van der Waals surface area contributed by atoms with Crippen molar-refractivity contribution in [2.75, 3.05) is 127 Å². The van der Waals surface area contributed by atoms with Gasteiger partial charge in [-0.05, 0) is 0 Å². The lowest BCUT2D eigenvalue weighted by atomic mass is 10.6. The average Bonchev–Trinajstić information content (AvgIpc) is 2.79. The molecule has 0 fully saturated rings. The maximum Gasteiger partial charge on any atom is 0.180 e. The van der Waals surface area contributed by atoms with E-state index in [0.717, 1.165) is 0 Å². The molecule has 1 N–H and O–H groups in total. The van der Waals surface area contributed by atoms with Crippen molar-refractivity contribution >= 4 is 0 Å². The van der Waals surface area contributed by atoms with Crippen molar-refractivity contribution in [1.82, 2.24) is 0 Å². The van der Waals surface area contributed by atoms with Gasteiger partial charge in [-0.15, -0.1) is 0 Å². The van der Waals surface area contributed by atoms with Crippen LogP contribution in [0.2, 0.25) is 0 Å². The summed E-state index contributed by atoms with van der Waals surface area (Å²) in [5.41, 5.74) is 0. The lowest BCUT2D eigenvalue weighted by Crippen LogP contribution is -2.21. The Balaban J connectivity index is 3.04. The Morgan fingerprint density at radius 3 is 0.935 bits per heavy atom. The van der Waals surface area contributed by atoms with E-state index in [1.54, 1.807) is 14.2 Å². The Labute approximate surface area is 186 Å². The molecule has 0 aromatic carbocycles. The van der Waals surface area contributed by atoms with Crippen LogP contribution in [0.1, 0.15) is 0 Å². The molecule has 0 aliphatic heterocycles. The normalized spacial score (nSPS) is 11.6. The minimum Gasteiger partial charge on any atom is -0.394 e. The predicted molar refractivity (Wildman–Crippen MR) is 111 cm³/mol. The maximum absolute atomic E-state index is 8.54. The molecule has 0 atom stereocenters. The van der Waals surface area contributed by atoms with Gasteiger partial charge in [0.25, 0.3) is 0 Å². The highest BCUT2D eigenvalue weighted by Gasteiger charge is 2.03. The zero-order valence-corrected chi connectivity index (χ0v) is 19.1. The van der Waals surface area contributed by atoms with Crippen molar-refractivity contribution < 1.29 is 52.5 Å². The molecule has 0 aliphatic rings. The van der Waals surface area contributed by atoms with E-state index in [2.05, 4.69) is 0 Å². The third kappa shape index (κ3) is 25.7. The molecule has 0 rings (SSSR count). The zero-order chi connectivity index (χ0) is 22.7. The van der Waals surface area contributed by atoms with Crippen LogP contribution in [0, 0.1) is 0 Å². The third-order valence-corrected chi connectivity index (χ3v) is 3.62. The van der Waals surface area contributed by atoms with E-state index in [0.29, 0.717) is 106 Å². The molecule has 31 heavy (non-hydrogen) atoms. The number of aliphatic hydroxyl groups is 1. The minimum absolute atomic E-state index is 0.0291. The monoisotopic (exact) mass is 458 g/mol. The smallest absolute Gasteiger partial charge is 0.180 e. The van der Waals surface area contributed by atoms with Crippen LogP contribution in [-0.2, 0) is 47.4 Å². The number of methoxy groups -OCH3 is 2. The van der Waals surface area contributed by atoms with Gasteiger partial charge in [0.05, 0.1) is 112 Å². The molecule has 0 unspecified atom stereocenters. The summed E-state index contributed by atoms with van der Waals surface area (Å²) in [5, 5.41) is 8.54. The molecule has 0 amide bonds. The summed E-state index contributed by atoms with van der Waals surface area (Å²) < 4.78 is 52.7. The van der Waals surface area contributed by atoms with Crippen LogP contribution in [-0.4, -0.2) is 138 Å². The molecular weight excluding hydrogens is 416 g/mol. The standard InChI is InChI=1S/C20H42O11/c1-22-20(23-2)19-31-18-17-30-16-15-29-14-13-28-12-11-27-10-9-26-8-7-25-6-5-24-4-3-21/h20-21H,3-19H2,1-2H3. The number of aliphatic hydroxyl groups excluding tert-OH is 1. The van der Waals surface area contributed by atoms with Crippen molar-refractivity contribution in [1.29, 1.82) is 0 Å². The molecule has 188 valence electrons. The van der Waals surface area contributed by atoms with Gasteiger partial charge in [-0.25, -0.2) is 0 Å². The predicted octanol–water partition coefficient (Wildman–Crippen LogP) is -0.270. The lowest BCUT2D eigenvalue weighted by Gasteiger charge is -2.13. The van der Waals surface area contributed by atoms with E-state index in [-0.39, 0.29) is 12.9 Å². The summed E-state index contributed by atoms with van der Waals surface area (Å²) in [5.74, 6) is 0. The van der Waals surface area contributed by atoms with E-state index < -0.39 is 0 Å². The largest absolute Gasteiger partial charge is 0.394 e. The maximum atomic E-state index is 8.54. The van der Waals surface area contributed by atoms with Crippen molar-refractivity contribution in [3.05, 3.63) is 0 Å². The zero-order valence-electron chi connectivity index (χ0n) is 19.1. The van der Waals surface area contributed by atoms with Gasteiger partial charge in [-0.3, -0.25) is 0 Å². The number of ether oxygens (including phenoxy) is 10. The molecule has 0 bridgehead atoms. The fraction of sp³-hybridized carbons (Fsp3) is 1.00. The van der Waals surface area contributed by atoms with E-state index in [1.807, 2.05) is 0 Å². The Bertz CT molecular complexity index is 320. The highest BCUT2D eigenvalue weighted by Crippen LogP contribution is 1.92. The van der Waals surface area contributed by atoms with Crippen molar-refractivity contribution in [2.24, 2.45) is 0 Å². The molecule has 0 aromatic rings. The second-order valence-corrected chi connectivity index (χ2v) is 5.99. The summed E-state index contributed by atoms with van der Waals surface area (Å²) >= 11 is 0. The first-order chi connectivity index (χ1) is 15.3. The molecule has 11 nitrogen and oxygen atoms in total. The summed E-state index contributed by atoms with van der Waals surface area (Å²) in [6, 6.07) is 0. The molecule has 0 spiro atoms. The van der Waals surface area contributed by atoms with Crippen LogP contribution in [0.5, 0.6) is 0 Å². The average molecular weight is 459 g/mol. The van der Waals surface area contributed by atoms with Gasteiger partial charge in [-0.1, -0.05) is 0 Å². The first-order valence-electron chi connectivity index (χ1n) is 10.6. The minimum atomic E-state index is -0.345. The highest BCUT2D eigenvalue weighted by molar-refractivity contribution is 4.40. The lowest BCUT2D eigenvalue weighted by molar-refractivity contribution is -0.143. The first-order valence-corrected chi connectivity index (χ1v) is 10.6. The van der Waals surface area contributed by atoms with E-state index in [4.69, 9.17) is 52.5 Å². The van der Waals surface area contributed by atoms with Crippen LogP contribution in [0.15, 0.2) is 0 Å². The number of rotatable bonds is 27. The molecule has 0 heterocycles. The fourth-order valence-corrected chi connectivity index (χ4v) is 2.02. The van der Waals surface area contributed by atoms with Crippen LogP contribution >= 0.6 is 0 Å². The van der Waals surface area contributed by atoms with Gasteiger partial charge in [0.2, 0.25) is 0 Å². The Kier molecular flexibility index (Phi) is 27.2. The second-order valence-electron chi connectivity index (χ2n) is 5.99. The van der Waals surface area contributed by atoms with Crippen LogP contribution in [0.25, 0.3) is 0 Å². The van der Waals surface area contributed by atoms with Gasteiger partial charge >= 0.3 is 0 Å². The second kappa shape index (κ2) is 27.6. The Morgan fingerprint density at radius 2 is 0.677 bits per heavy atom. The van der Waals surface area contributed by atoms with Gasteiger partial charge < -0.3 is 52.5 Å². The van der Waals surface area contributed by atoms with Gasteiger partial charge in [-0.2, -0.15) is 0 Å². The molecular formula is C20H42O11. The number of hydrogen-bond acceptors (Lipinski definition) is 11. The molecule has 0 saturated heterocycles. The van der Waals surface area contributed by atoms with Crippen LogP contribution in [0.3, 0.4) is 0 Å². The highest BCUT2D eigenvalue weighted by atomic mass is 16.7. The topological polar surface area (TPSA) is 113 Å². The van der Waals surface area contributed by atoms with E-state index in [1.165, 1.54) is 0 Å². The van der Waals surface area contributed by atoms with E-state index in [9.17, 15) is 0 Å². The first kappa shape index (κ1) is 30.6. The van der Waals surface area contributed by atoms with Crippen molar-refractivity contribution in [2.45, 2.75) is 6.29 Å². The Hall–Kier alpha value is -0.440.